The van der Waals surface area contributed by atoms with E-state index in [0.29, 0.717) is 12.1 Å². The van der Waals surface area contributed by atoms with Gasteiger partial charge in [-0.3, -0.25) is 4.90 Å². The first-order valence-corrected chi connectivity index (χ1v) is 6.18. The SMILES string of the molecule is COc1c(O)cc(Cl)c(F)c1CN1CCNCC1. The summed E-state index contributed by atoms with van der Waals surface area (Å²) in [6.45, 7) is 3.78. The first-order valence-electron chi connectivity index (χ1n) is 5.80. The third-order valence-corrected chi connectivity index (χ3v) is 3.32. The van der Waals surface area contributed by atoms with E-state index in [1.54, 1.807) is 0 Å². The van der Waals surface area contributed by atoms with Crippen LogP contribution in [0, 0.1) is 5.82 Å². The number of phenols is 1. The molecule has 1 saturated heterocycles. The zero-order valence-electron chi connectivity index (χ0n) is 10.2. The van der Waals surface area contributed by atoms with E-state index in [-0.39, 0.29) is 16.5 Å². The third-order valence-electron chi connectivity index (χ3n) is 3.04. The van der Waals surface area contributed by atoms with Crippen molar-refractivity contribution in [3.63, 3.8) is 0 Å². The molecule has 2 rings (SSSR count). The lowest BCUT2D eigenvalue weighted by Gasteiger charge is -2.28. The van der Waals surface area contributed by atoms with E-state index >= 15 is 0 Å². The summed E-state index contributed by atoms with van der Waals surface area (Å²) in [5.74, 6) is -0.491. The van der Waals surface area contributed by atoms with Gasteiger partial charge in [-0.05, 0) is 0 Å². The van der Waals surface area contributed by atoms with Crippen molar-refractivity contribution in [1.29, 1.82) is 0 Å². The summed E-state index contributed by atoms with van der Waals surface area (Å²) < 4.78 is 19.1. The van der Waals surface area contributed by atoms with Gasteiger partial charge in [-0.25, -0.2) is 4.39 Å². The lowest BCUT2D eigenvalue weighted by atomic mass is 10.1. The van der Waals surface area contributed by atoms with Gasteiger partial charge >= 0.3 is 0 Å². The Bertz CT molecular complexity index is 437. The topological polar surface area (TPSA) is 44.7 Å². The normalized spacial score (nSPS) is 16.8. The Morgan fingerprint density at radius 2 is 2.17 bits per heavy atom. The molecule has 0 unspecified atom stereocenters. The van der Waals surface area contributed by atoms with E-state index < -0.39 is 5.82 Å². The van der Waals surface area contributed by atoms with Gasteiger partial charge in [0.15, 0.2) is 11.5 Å². The summed E-state index contributed by atoms with van der Waals surface area (Å²) in [6.07, 6.45) is 0. The van der Waals surface area contributed by atoms with Crippen LogP contribution < -0.4 is 10.1 Å². The van der Waals surface area contributed by atoms with Crippen LogP contribution in [0.3, 0.4) is 0 Å². The number of ether oxygens (including phenoxy) is 1. The summed E-state index contributed by atoms with van der Waals surface area (Å²) >= 11 is 5.74. The number of piperazine rings is 1. The minimum Gasteiger partial charge on any atom is -0.504 e. The fourth-order valence-corrected chi connectivity index (χ4v) is 2.33. The van der Waals surface area contributed by atoms with Crippen molar-refractivity contribution in [2.45, 2.75) is 6.54 Å². The second kappa shape index (κ2) is 5.73. The zero-order valence-corrected chi connectivity index (χ0v) is 10.9. The van der Waals surface area contributed by atoms with Crippen LogP contribution >= 0.6 is 11.6 Å². The molecule has 1 aliphatic rings. The Kier molecular flexibility index (Phi) is 4.27. The molecule has 1 fully saturated rings. The Hall–Kier alpha value is -1.04. The summed E-state index contributed by atoms with van der Waals surface area (Å²) in [6, 6.07) is 1.16. The molecule has 0 aliphatic carbocycles. The second-order valence-electron chi connectivity index (χ2n) is 4.23. The number of hydrogen-bond acceptors (Lipinski definition) is 4. The molecule has 1 aromatic carbocycles. The Balaban J connectivity index is 2.29. The highest BCUT2D eigenvalue weighted by Gasteiger charge is 2.21. The number of rotatable bonds is 3. The Labute approximate surface area is 110 Å². The Morgan fingerprint density at radius 1 is 1.50 bits per heavy atom. The van der Waals surface area contributed by atoms with Crippen LogP contribution in [0.2, 0.25) is 5.02 Å². The van der Waals surface area contributed by atoms with Crippen LogP contribution in [-0.4, -0.2) is 43.3 Å². The number of nitrogens with zero attached hydrogens (tertiary/aromatic N) is 1. The van der Waals surface area contributed by atoms with Gasteiger partial charge in [-0.15, -0.1) is 0 Å². The number of benzene rings is 1. The maximum Gasteiger partial charge on any atom is 0.168 e. The van der Waals surface area contributed by atoms with Crippen LogP contribution in [0.5, 0.6) is 11.5 Å². The van der Waals surface area contributed by atoms with E-state index in [0.717, 1.165) is 32.2 Å². The van der Waals surface area contributed by atoms with Crippen LogP contribution in [0.25, 0.3) is 0 Å². The molecular weight excluding hydrogens is 259 g/mol. The molecule has 0 aromatic heterocycles. The number of phenolic OH excluding ortho intramolecular Hbond substituents is 1. The molecule has 1 heterocycles. The fourth-order valence-electron chi connectivity index (χ4n) is 2.11. The largest absolute Gasteiger partial charge is 0.504 e. The number of halogens is 2. The highest BCUT2D eigenvalue weighted by Crippen LogP contribution is 2.37. The molecule has 0 spiro atoms. The smallest absolute Gasteiger partial charge is 0.168 e. The first kappa shape index (κ1) is 13.4. The van der Waals surface area contributed by atoms with Crippen molar-refractivity contribution in [1.82, 2.24) is 10.2 Å². The summed E-state index contributed by atoms with van der Waals surface area (Å²) in [5.41, 5.74) is 0.310. The highest BCUT2D eigenvalue weighted by molar-refractivity contribution is 6.31. The lowest BCUT2D eigenvalue weighted by Crippen LogP contribution is -2.43. The molecular formula is C12H16ClFN2O2. The van der Waals surface area contributed by atoms with Gasteiger partial charge in [-0.1, -0.05) is 11.6 Å². The third kappa shape index (κ3) is 2.68. The summed E-state index contributed by atoms with van der Waals surface area (Å²) in [5, 5.41) is 12.9. The van der Waals surface area contributed by atoms with Crippen molar-refractivity contribution < 1.29 is 14.2 Å². The lowest BCUT2D eigenvalue weighted by molar-refractivity contribution is 0.226. The number of hydrogen-bond donors (Lipinski definition) is 2. The molecule has 2 N–H and O–H groups in total. The van der Waals surface area contributed by atoms with Gasteiger partial charge in [0.05, 0.1) is 12.1 Å². The predicted molar refractivity (Wildman–Crippen MR) is 67.8 cm³/mol. The predicted octanol–water partition coefficient (Wildman–Crippen LogP) is 1.60. The molecule has 18 heavy (non-hydrogen) atoms. The zero-order chi connectivity index (χ0) is 13.1. The van der Waals surface area contributed by atoms with E-state index in [1.807, 2.05) is 0 Å². The van der Waals surface area contributed by atoms with Crippen LogP contribution in [0.4, 0.5) is 4.39 Å². The molecule has 6 heteroatoms. The molecule has 0 atom stereocenters. The fraction of sp³-hybridized carbons (Fsp3) is 0.500. The van der Waals surface area contributed by atoms with E-state index in [1.165, 1.54) is 7.11 Å². The highest BCUT2D eigenvalue weighted by atomic mass is 35.5. The van der Waals surface area contributed by atoms with Gasteiger partial charge in [0, 0.05) is 44.4 Å². The van der Waals surface area contributed by atoms with Gasteiger partial charge in [0.1, 0.15) is 5.82 Å². The standard InChI is InChI=1S/C12H16ClFN2O2/c1-18-12-8(7-16-4-2-15-3-5-16)11(14)9(13)6-10(12)17/h6,15,17H,2-5,7H2,1H3. The Morgan fingerprint density at radius 3 is 2.78 bits per heavy atom. The first-order chi connectivity index (χ1) is 8.63. The number of aromatic hydroxyl groups is 1. The monoisotopic (exact) mass is 274 g/mol. The van der Waals surface area contributed by atoms with Gasteiger partial charge in [-0.2, -0.15) is 0 Å². The summed E-state index contributed by atoms with van der Waals surface area (Å²) in [4.78, 5) is 2.09. The molecule has 0 bridgehead atoms. The summed E-state index contributed by atoms with van der Waals surface area (Å²) in [7, 11) is 1.41. The van der Waals surface area contributed by atoms with Gasteiger partial charge < -0.3 is 15.2 Å². The van der Waals surface area contributed by atoms with E-state index in [2.05, 4.69) is 10.2 Å². The minimum atomic E-state index is -0.523. The molecule has 0 amide bonds. The molecule has 1 aliphatic heterocycles. The van der Waals surface area contributed by atoms with Gasteiger partial charge in [0.25, 0.3) is 0 Å². The van der Waals surface area contributed by atoms with Crippen molar-refractivity contribution in [3.8, 4) is 11.5 Å². The van der Waals surface area contributed by atoms with Crippen molar-refractivity contribution >= 4 is 11.6 Å². The van der Waals surface area contributed by atoms with Gasteiger partial charge in [0.2, 0.25) is 0 Å². The molecule has 0 radical (unpaired) electrons. The van der Waals surface area contributed by atoms with E-state index in [4.69, 9.17) is 16.3 Å². The van der Waals surface area contributed by atoms with E-state index in [9.17, 15) is 9.50 Å². The minimum absolute atomic E-state index is 0.0848. The maximum atomic E-state index is 14.0. The van der Waals surface area contributed by atoms with Crippen molar-refractivity contribution in [3.05, 3.63) is 22.5 Å². The van der Waals surface area contributed by atoms with Crippen molar-refractivity contribution in [2.75, 3.05) is 33.3 Å². The number of methoxy groups -OCH3 is 1. The quantitative estimate of drug-likeness (QED) is 0.879. The molecule has 1 aromatic rings. The molecule has 100 valence electrons. The molecule has 0 saturated carbocycles. The molecule has 4 nitrogen and oxygen atoms in total. The van der Waals surface area contributed by atoms with Crippen LogP contribution in [0.15, 0.2) is 6.07 Å². The van der Waals surface area contributed by atoms with Crippen LogP contribution in [0.1, 0.15) is 5.56 Å². The van der Waals surface area contributed by atoms with Crippen LogP contribution in [-0.2, 0) is 6.54 Å². The maximum absolute atomic E-state index is 14.0. The number of nitrogens with one attached hydrogen (secondary N) is 1. The average Bonchev–Trinajstić information content (AvgIpc) is 2.37. The second-order valence-corrected chi connectivity index (χ2v) is 4.64. The average molecular weight is 275 g/mol. The van der Waals surface area contributed by atoms with Crippen molar-refractivity contribution in [2.24, 2.45) is 0 Å².